The molecule has 0 aliphatic carbocycles. The molecule has 0 radical (unpaired) electrons. The van der Waals surface area contributed by atoms with Crippen molar-refractivity contribution in [2.75, 3.05) is 0 Å². The number of aromatic nitrogens is 10. The highest BCUT2D eigenvalue weighted by molar-refractivity contribution is 6.18. The third kappa shape index (κ3) is 14.2. The van der Waals surface area contributed by atoms with Gasteiger partial charge in [-0.1, -0.05) is 303 Å². The molecule has 0 spiro atoms. The highest BCUT2D eigenvalue weighted by Crippen LogP contribution is 2.43. The Hall–Kier alpha value is -16.3. The first kappa shape index (κ1) is 71.5. The van der Waals surface area contributed by atoms with Gasteiger partial charge in [0.05, 0.1) is 73.0 Å². The van der Waals surface area contributed by atoms with E-state index in [-0.39, 0.29) is 0 Å². The number of hydrogen-bond acceptors (Lipinski definition) is 10. The third-order valence-electron chi connectivity index (χ3n) is 22.5. The van der Waals surface area contributed by atoms with Crippen LogP contribution in [-0.2, 0) is 0 Å². The maximum absolute atomic E-state index is 5.23. The Bertz CT molecular complexity index is 7350. The van der Waals surface area contributed by atoms with Gasteiger partial charge in [-0.15, -0.1) is 0 Å². The molecular formula is C110H70N10. The molecule has 0 amide bonds. The topological polar surface area (TPSA) is 129 Å². The van der Waals surface area contributed by atoms with E-state index in [0.29, 0.717) is 0 Å². The summed E-state index contributed by atoms with van der Waals surface area (Å²) in [5.74, 6) is 0. The molecule has 0 aliphatic rings. The van der Waals surface area contributed by atoms with E-state index in [0.717, 1.165) is 222 Å². The van der Waals surface area contributed by atoms with Gasteiger partial charge in [0.25, 0.3) is 0 Å². The van der Waals surface area contributed by atoms with Gasteiger partial charge in [0, 0.05) is 115 Å². The van der Waals surface area contributed by atoms with E-state index in [9.17, 15) is 0 Å². The fraction of sp³-hybridized carbons (Fsp3) is 0. The standard InChI is InChI=1S/C61H39N5.C49H31N5/c1-3-10-40(11-4-1)50-31-34-56(63-39-50)58-37-51(36-57(64-58)46-25-21-43(22-26-46)49-14-9-35-62-38-49)44-19-17-41(18-20-44)42-23-27-47(28-24-42)59-52-15-7-8-16-55(52)66-61-53(59)32-29-48-30-33-54(65-60(48)61)45-12-5-2-6-13-45;1-2-9-32(10-3-1)39-22-24-44(52-31-39)46-29-40(28-45(53-46)34-19-17-33(18-20-34)38-14-7-25-50-30-38)36-11-6-12-37(27-36)47-41-15-4-5-16-43(41)54-49-42(47)23-21-35-13-8-26-51-48(35)49/h1-39H;1-31H. The summed E-state index contributed by atoms with van der Waals surface area (Å²) in [5.41, 5.74) is 34.4. The fourth-order valence-corrected chi connectivity index (χ4v) is 16.3. The van der Waals surface area contributed by atoms with Crippen molar-refractivity contribution in [1.29, 1.82) is 0 Å². The second kappa shape index (κ2) is 31.5. The zero-order valence-electron chi connectivity index (χ0n) is 64.9. The summed E-state index contributed by atoms with van der Waals surface area (Å²) in [7, 11) is 0. The van der Waals surface area contributed by atoms with Gasteiger partial charge in [-0.2, -0.15) is 0 Å². The van der Waals surface area contributed by atoms with Crippen LogP contribution in [-0.4, -0.2) is 49.8 Å². The van der Waals surface area contributed by atoms with Crippen molar-refractivity contribution in [3.63, 3.8) is 0 Å². The van der Waals surface area contributed by atoms with Gasteiger partial charge in [0.15, 0.2) is 0 Å². The van der Waals surface area contributed by atoms with Crippen molar-refractivity contribution in [1.82, 2.24) is 49.8 Å². The quantitative estimate of drug-likeness (QED) is 0.0766. The van der Waals surface area contributed by atoms with Gasteiger partial charge in [0.1, 0.15) is 0 Å². The minimum Gasteiger partial charge on any atom is -0.264 e. The number of nitrogens with zero attached hydrogens (tertiary/aromatic N) is 10. The normalized spacial score (nSPS) is 11.3. The zero-order valence-corrected chi connectivity index (χ0v) is 64.9. The van der Waals surface area contributed by atoms with Gasteiger partial charge in [-0.25, -0.2) is 24.9 Å². The highest BCUT2D eigenvalue weighted by atomic mass is 14.8. The molecular weight excluding hydrogens is 1460 g/mol. The molecule has 560 valence electrons. The Kier molecular flexibility index (Phi) is 18.7. The van der Waals surface area contributed by atoms with Gasteiger partial charge >= 0.3 is 0 Å². The Morgan fingerprint density at radius 1 is 0.150 bits per heavy atom. The van der Waals surface area contributed by atoms with Crippen LogP contribution in [0.3, 0.4) is 0 Å². The van der Waals surface area contributed by atoms with Crippen molar-refractivity contribution >= 4 is 65.4 Å². The van der Waals surface area contributed by atoms with Crippen molar-refractivity contribution in [2.24, 2.45) is 0 Å². The molecule has 12 aromatic carbocycles. The molecule has 0 aliphatic heterocycles. The molecule has 0 unspecified atom stereocenters. The molecule has 22 aromatic rings. The third-order valence-corrected chi connectivity index (χ3v) is 22.5. The summed E-state index contributed by atoms with van der Waals surface area (Å²) < 4.78 is 0. The van der Waals surface area contributed by atoms with E-state index in [1.807, 2.05) is 97.7 Å². The largest absolute Gasteiger partial charge is 0.264 e. The van der Waals surface area contributed by atoms with Crippen LogP contribution in [0.4, 0.5) is 0 Å². The number of fused-ring (bicyclic) bond motifs is 8. The van der Waals surface area contributed by atoms with Crippen LogP contribution in [0.2, 0.25) is 0 Å². The molecule has 0 fully saturated rings. The lowest BCUT2D eigenvalue weighted by Gasteiger charge is -2.15. The molecule has 0 bridgehead atoms. The van der Waals surface area contributed by atoms with Crippen molar-refractivity contribution in [2.45, 2.75) is 0 Å². The van der Waals surface area contributed by atoms with E-state index < -0.39 is 0 Å². The second-order valence-corrected chi connectivity index (χ2v) is 29.9. The summed E-state index contributed by atoms with van der Waals surface area (Å²) >= 11 is 0. The Labute approximate surface area is 693 Å². The SMILES string of the molecule is c1ccc(-c2ccc(-c3cc(-c4ccc(-c5ccc(-c6c7ccccc7nc7c6ccc6ccc(-c8ccccc8)nc67)cc5)cc4)cc(-c4ccc(-c5cccnc5)cc4)n3)nc2)cc1.c1ccc(-c2ccc(-c3cc(-c4cccc(-c5c6ccccc6nc6c5ccc5cccnc56)c4)cc(-c4ccc(-c5cccnc5)cc4)n3)nc2)cc1. The number of benzene rings is 12. The summed E-state index contributed by atoms with van der Waals surface area (Å²) in [4.78, 5) is 49.2. The van der Waals surface area contributed by atoms with E-state index in [4.69, 9.17) is 39.9 Å². The molecule has 0 atom stereocenters. The average molecular weight is 1530 g/mol. The monoisotopic (exact) mass is 1530 g/mol. The molecule has 0 saturated heterocycles. The Morgan fingerprint density at radius 2 is 0.508 bits per heavy atom. The van der Waals surface area contributed by atoms with E-state index >= 15 is 0 Å². The average Bonchev–Trinajstić information content (AvgIpc) is 0.748. The molecule has 10 heteroatoms. The van der Waals surface area contributed by atoms with Gasteiger partial charge in [-0.3, -0.25) is 24.9 Å². The van der Waals surface area contributed by atoms with Crippen molar-refractivity contribution < 1.29 is 0 Å². The maximum Gasteiger partial charge on any atom is 0.0978 e. The molecule has 0 N–H and O–H groups in total. The number of rotatable bonds is 14. The number of hydrogen-bond donors (Lipinski definition) is 0. The summed E-state index contributed by atoms with van der Waals surface area (Å²) in [6.45, 7) is 0. The summed E-state index contributed by atoms with van der Waals surface area (Å²) in [5, 5.41) is 6.51. The molecule has 22 rings (SSSR count). The number of pyridine rings is 10. The van der Waals surface area contributed by atoms with Gasteiger partial charge in [-0.05, 0) is 157 Å². The Morgan fingerprint density at radius 3 is 1.02 bits per heavy atom. The van der Waals surface area contributed by atoms with Gasteiger partial charge < -0.3 is 0 Å². The second-order valence-electron chi connectivity index (χ2n) is 29.9. The molecule has 0 saturated carbocycles. The first-order valence-corrected chi connectivity index (χ1v) is 40.1. The lowest BCUT2D eigenvalue weighted by molar-refractivity contribution is 1.25. The van der Waals surface area contributed by atoms with E-state index in [1.165, 1.54) is 0 Å². The van der Waals surface area contributed by atoms with Crippen LogP contribution in [0.25, 0.3) is 222 Å². The molecule has 120 heavy (non-hydrogen) atoms. The summed E-state index contributed by atoms with van der Waals surface area (Å²) in [6, 6.07) is 133. The molecule has 10 heterocycles. The fourth-order valence-electron chi connectivity index (χ4n) is 16.3. The van der Waals surface area contributed by atoms with Crippen LogP contribution in [0, 0.1) is 0 Å². The minimum atomic E-state index is 0.807. The van der Waals surface area contributed by atoms with Crippen LogP contribution >= 0.6 is 0 Å². The molecule has 10 aromatic heterocycles. The van der Waals surface area contributed by atoms with Crippen LogP contribution < -0.4 is 0 Å². The van der Waals surface area contributed by atoms with Crippen molar-refractivity contribution in [3.8, 4) is 157 Å². The highest BCUT2D eigenvalue weighted by Gasteiger charge is 2.21. The maximum atomic E-state index is 5.23. The van der Waals surface area contributed by atoms with E-state index in [1.54, 1.807) is 12.4 Å². The van der Waals surface area contributed by atoms with E-state index in [2.05, 4.69) is 325 Å². The van der Waals surface area contributed by atoms with Crippen LogP contribution in [0.15, 0.2) is 426 Å². The van der Waals surface area contributed by atoms with Crippen LogP contribution in [0.1, 0.15) is 0 Å². The lowest BCUT2D eigenvalue weighted by Crippen LogP contribution is -1.94. The first-order valence-electron chi connectivity index (χ1n) is 40.1. The van der Waals surface area contributed by atoms with Crippen LogP contribution in [0.5, 0.6) is 0 Å². The lowest BCUT2D eigenvalue weighted by atomic mass is 9.92. The minimum absolute atomic E-state index is 0.807. The Balaban J connectivity index is 0.000000151. The summed E-state index contributed by atoms with van der Waals surface area (Å²) in [6.07, 6.45) is 13.1. The van der Waals surface area contributed by atoms with Crippen molar-refractivity contribution in [3.05, 3.63) is 426 Å². The smallest absolute Gasteiger partial charge is 0.0978 e. The predicted octanol–water partition coefficient (Wildman–Crippen LogP) is 27.6. The first-order chi connectivity index (χ1) is 59.4. The van der Waals surface area contributed by atoms with Gasteiger partial charge in [0.2, 0.25) is 0 Å². The molecule has 10 nitrogen and oxygen atoms in total. The number of para-hydroxylation sites is 2. The zero-order chi connectivity index (χ0) is 79.7. The predicted molar refractivity (Wildman–Crippen MR) is 492 cm³/mol.